The van der Waals surface area contributed by atoms with Gasteiger partial charge in [0.2, 0.25) is 0 Å². The van der Waals surface area contributed by atoms with Gasteiger partial charge in [-0.3, -0.25) is 10.1 Å². The van der Waals surface area contributed by atoms with Gasteiger partial charge in [0.05, 0.1) is 10.6 Å². The van der Waals surface area contributed by atoms with Gasteiger partial charge in [0.1, 0.15) is 6.20 Å². The van der Waals surface area contributed by atoms with Crippen LogP contribution in [0.25, 0.3) is 6.08 Å². The number of hydrogen-bond acceptors (Lipinski definition) is 3. The molecule has 1 aromatic heterocycles. The van der Waals surface area contributed by atoms with Crippen LogP contribution in [0.1, 0.15) is 5.69 Å². The summed E-state index contributed by atoms with van der Waals surface area (Å²) in [5, 5.41) is 11.0. The second-order valence-electron chi connectivity index (χ2n) is 2.26. The van der Waals surface area contributed by atoms with E-state index < -0.39 is 4.92 Å². The van der Waals surface area contributed by atoms with Crippen molar-refractivity contribution in [1.29, 1.82) is 0 Å². The number of aromatic nitrogens is 1. The zero-order chi connectivity index (χ0) is 9.68. The van der Waals surface area contributed by atoms with E-state index in [-0.39, 0.29) is 5.69 Å². The van der Waals surface area contributed by atoms with Crippen molar-refractivity contribution in [3.05, 3.63) is 40.2 Å². The molecule has 5 heteroatoms. The summed E-state index contributed by atoms with van der Waals surface area (Å²) in [5.41, 5.74) is 0.723. The Morgan fingerprint density at radius 1 is 1.62 bits per heavy atom. The molecule has 1 aromatic rings. The van der Waals surface area contributed by atoms with Crippen LogP contribution in [0.4, 0.5) is 5.69 Å². The molecule has 0 saturated heterocycles. The molecule has 1 rings (SSSR count). The van der Waals surface area contributed by atoms with Crippen molar-refractivity contribution in [3.8, 4) is 0 Å². The third kappa shape index (κ3) is 2.95. The molecule has 0 atom stereocenters. The first-order valence-electron chi connectivity index (χ1n) is 3.57. The first-order valence-corrected chi connectivity index (χ1v) is 4.69. The van der Waals surface area contributed by atoms with Gasteiger partial charge in [-0.15, -0.1) is 0 Å². The number of rotatable bonds is 3. The van der Waals surface area contributed by atoms with Crippen molar-refractivity contribution in [2.45, 2.75) is 0 Å². The molecule has 0 fully saturated rings. The van der Waals surface area contributed by atoms with Gasteiger partial charge in [0.15, 0.2) is 0 Å². The van der Waals surface area contributed by atoms with Crippen LogP contribution in [0.3, 0.4) is 0 Å². The van der Waals surface area contributed by atoms with Crippen LogP contribution < -0.4 is 0 Å². The highest BCUT2D eigenvalue weighted by Gasteiger charge is 2.02. The highest BCUT2D eigenvalue weighted by atomic mass is 79.9. The molecule has 0 aromatic carbocycles. The van der Waals surface area contributed by atoms with Crippen LogP contribution in [0.15, 0.2) is 24.4 Å². The lowest BCUT2D eigenvalue weighted by Crippen LogP contribution is -1.89. The number of nitrogens with zero attached hydrogens (tertiary/aromatic N) is 2. The molecule has 0 saturated carbocycles. The number of pyridine rings is 1. The van der Waals surface area contributed by atoms with Gasteiger partial charge in [0, 0.05) is 11.4 Å². The summed E-state index contributed by atoms with van der Waals surface area (Å²) < 4.78 is 0. The Bertz CT molecular complexity index is 321. The van der Waals surface area contributed by atoms with E-state index in [1.54, 1.807) is 12.1 Å². The maximum Gasteiger partial charge on any atom is 0.287 e. The van der Waals surface area contributed by atoms with Gasteiger partial charge >= 0.3 is 0 Å². The van der Waals surface area contributed by atoms with E-state index in [1.807, 2.05) is 6.08 Å². The van der Waals surface area contributed by atoms with Crippen LogP contribution in [0.2, 0.25) is 0 Å². The summed E-state index contributed by atoms with van der Waals surface area (Å²) in [5.74, 6) is 0. The molecule has 0 amide bonds. The Labute approximate surface area is 83.6 Å². The highest BCUT2D eigenvalue weighted by molar-refractivity contribution is 9.09. The molecule has 68 valence electrons. The topological polar surface area (TPSA) is 56.0 Å². The lowest BCUT2D eigenvalue weighted by atomic mass is 10.3. The van der Waals surface area contributed by atoms with E-state index in [0.717, 1.165) is 5.33 Å². The SMILES string of the molecule is O=[N+]([O-])c1ccc(C=CCBr)nc1. The zero-order valence-electron chi connectivity index (χ0n) is 6.68. The second kappa shape index (κ2) is 4.71. The average Bonchev–Trinajstić information content (AvgIpc) is 2.15. The number of nitro groups is 1. The van der Waals surface area contributed by atoms with Crippen LogP contribution in [0.5, 0.6) is 0 Å². The van der Waals surface area contributed by atoms with Crippen LogP contribution >= 0.6 is 15.9 Å². The number of hydrogen-bond donors (Lipinski definition) is 0. The predicted molar refractivity (Wildman–Crippen MR) is 53.7 cm³/mol. The van der Waals surface area contributed by atoms with Crippen LogP contribution in [-0.2, 0) is 0 Å². The van der Waals surface area contributed by atoms with Gasteiger partial charge in [-0.25, -0.2) is 4.98 Å². The van der Waals surface area contributed by atoms with Gasteiger partial charge in [0.25, 0.3) is 5.69 Å². The lowest BCUT2D eigenvalue weighted by Gasteiger charge is -1.91. The smallest absolute Gasteiger partial charge is 0.258 e. The third-order valence-corrected chi connectivity index (χ3v) is 1.73. The average molecular weight is 243 g/mol. The Kier molecular flexibility index (Phi) is 3.57. The predicted octanol–water partition coefficient (Wildman–Crippen LogP) is 2.40. The van der Waals surface area contributed by atoms with Crippen LogP contribution in [-0.4, -0.2) is 15.2 Å². The molecular formula is C8H7BrN2O2. The fourth-order valence-corrected chi connectivity index (χ4v) is 0.956. The highest BCUT2D eigenvalue weighted by Crippen LogP contribution is 2.09. The van der Waals surface area contributed by atoms with Crippen molar-refractivity contribution >= 4 is 27.7 Å². The summed E-state index contributed by atoms with van der Waals surface area (Å²) in [6.07, 6.45) is 4.90. The Balaban J connectivity index is 2.81. The molecule has 1 heterocycles. The maximum absolute atomic E-state index is 10.3. The lowest BCUT2D eigenvalue weighted by molar-refractivity contribution is -0.385. The van der Waals surface area contributed by atoms with Crippen molar-refractivity contribution in [2.75, 3.05) is 5.33 Å². The first kappa shape index (κ1) is 9.85. The van der Waals surface area contributed by atoms with E-state index in [9.17, 15) is 10.1 Å². The zero-order valence-corrected chi connectivity index (χ0v) is 8.27. The van der Waals surface area contributed by atoms with E-state index in [1.165, 1.54) is 12.3 Å². The molecular weight excluding hydrogens is 236 g/mol. The largest absolute Gasteiger partial charge is 0.287 e. The molecule has 4 nitrogen and oxygen atoms in total. The summed E-state index contributed by atoms with van der Waals surface area (Å²) in [7, 11) is 0. The Morgan fingerprint density at radius 3 is 2.85 bits per heavy atom. The monoisotopic (exact) mass is 242 g/mol. The summed E-state index contributed by atoms with van der Waals surface area (Å²) in [4.78, 5) is 13.7. The van der Waals surface area contributed by atoms with Crippen molar-refractivity contribution < 1.29 is 4.92 Å². The number of alkyl halides is 1. The Morgan fingerprint density at radius 2 is 2.38 bits per heavy atom. The summed E-state index contributed by atoms with van der Waals surface area (Å²) in [6, 6.07) is 3.04. The minimum atomic E-state index is -0.467. The maximum atomic E-state index is 10.3. The quantitative estimate of drug-likeness (QED) is 0.465. The molecule has 0 unspecified atom stereocenters. The minimum absolute atomic E-state index is 0.0102. The molecule has 0 bridgehead atoms. The van der Waals surface area contributed by atoms with Gasteiger partial charge < -0.3 is 0 Å². The molecule has 0 N–H and O–H groups in total. The number of allylic oxidation sites excluding steroid dienone is 1. The Hall–Kier alpha value is -1.23. The summed E-state index contributed by atoms with van der Waals surface area (Å²) in [6.45, 7) is 0. The first-order chi connectivity index (χ1) is 6.24. The van der Waals surface area contributed by atoms with Crippen LogP contribution in [0, 0.1) is 10.1 Å². The summed E-state index contributed by atoms with van der Waals surface area (Å²) >= 11 is 3.22. The van der Waals surface area contributed by atoms with Gasteiger partial charge in [-0.05, 0) is 12.1 Å². The van der Waals surface area contributed by atoms with Crippen molar-refractivity contribution in [1.82, 2.24) is 4.98 Å². The van der Waals surface area contributed by atoms with Gasteiger partial charge in [-0.1, -0.05) is 22.0 Å². The van der Waals surface area contributed by atoms with E-state index >= 15 is 0 Å². The van der Waals surface area contributed by atoms with Crippen molar-refractivity contribution in [3.63, 3.8) is 0 Å². The molecule has 0 aliphatic carbocycles. The van der Waals surface area contributed by atoms with E-state index in [4.69, 9.17) is 0 Å². The number of halogens is 1. The minimum Gasteiger partial charge on any atom is -0.258 e. The molecule has 0 spiro atoms. The second-order valence-corrected chi connectivity index (χ2v) is 2.90. The standard InChI is InChI=1S/C8H7BrN2O2/c9-5-1-2-7-3-4-8(6-10-7)11(12)13/h1-4,6H,5H2. The van der Waals surface area contributed by atoms with Crippen molar-refractivity contribution in [2.24, 2.45) is 0 Å². The molecule has 0 aliphatic heterocycles. The molecule has 13 heavy (non-hydrogen) atoms. The molecule has 0 radical (unpaired) electrons. The van der Waals surface area contributed by atoms with E-state index in [0.29, 0.717) is 5.69 Å². The normalized spacial score (nSPS) is 10.5. The molecule has 0 aliphatic rings. The fraction of sp³-hybridized carbons (Fsp3) is 0.125. The third-order valence-electron chi connectivity index (χ3n) is 1.36. The van der Waals surface area contributed by atoms with E-state index in [2.05, 4.69) is 20.9 Å². The van der Waals surface area contributed by atoms with Gasteiger partial charge in [-0.2, -0.15) is 0 Å². The fourth-order valence-electron chi connectivity index (χ4n) is 0.769.